The van der Waals surface area contributed by atoms with Gasteiger partial charge in [-0.15, -0.1) is 0 Å². The van der Waals surface area contributed by atoms with Crippen LogP contribution in [-0.4, -0.2) is 6.29 Å². The predicted octanol–water partition coefficient (Wildman–Crippen LogP) is 2.17. The fourth-order valence-corrected chi connectivity index (χ4v) is 1.70. The molecule has 1 unspecified atom stereocenters. The SMILES string of the molecule is CC1CC[C@@H](C)[C@H]([C]=O)C1. The van der Waals surface area contributed by atoms with Crippen LogP contribution < -0.4 is 0 Å². The first-order valence-corrected chi connectivity index (χ1v) is 4.11. The minimum absolute atomic E-state index is 0.226. The molecular weight excluding hydrogens is 124 g/mol. The summed E-state index contributed by atoms with van der Waals surface area (Å²) >= 11 is 0. The topological polar surface area (TPSA) is 17.1 Å². The Hall–Kier alpha value is -0.330. The predicted molar refractivity (Wildman–Crippen MR) is 41.4 cm³/mol. The van der Waals surface area contributed by atoms with Crippen LogP contribution in [0.4, 0.5) is 0 Å². The maximum atomic E-state index is 10.4. The molecule has 10 heavy (non-hydrogen) atoms. The van der Waals surface area contributed by atoms with E-state index in [1.165, 1.54) is 12.8 Å². The molecule has 1 saturated carbocycles. The third kappa shape index (κ3) is 1.59. The normalized spacial score (nSPS) is 41.2. The Kier molecular flexibility index (Phi) is 2.47. The van der Waals surface area contributed by atoms with E-state index in [1.54, 1.807) is 0 Å². The number of hydrogen-bond acceptors (Lipinski definition) is 1. The van der Waals surface area contributed by atoms with Crippen molar-refractivity contribution in [1.29, 1.82) is 0 Å². The molecule has 0 amide bonds. The summed E-state index contributed by atoms with van der Waals surface area (Å²) in [5.41, 5.74) is 0. The summed E-state index contributed by atoms with van der Waals surface area (Å²) in [5, 5.41) is 0. The van der Waals surface area contributed by atoms with E-state index in [0.29, 0.717) is 5.92 Å². The minimum Gasteiger partial charge on any atom is -0.291 e. The highest BCUT2D eigenvalue weighted by Crippen LogP contribution is 2.31. The van der Waals surface area contributed by atoms with Crippen molar-refractivity contribution in [3.63, 3.8) is 0 Å². The van der Waals surface area contributed by atoms with Crippen molar-refractivity contribution >= 4 is 6.29 Å². The summed E-state index contributed by atoms with van der Waals surface area (Å²) in [5.74, 6) is 1.54. The monoisotopic (exact) mass is 139 g/mol. The molecule has 1 nitrogen and oxygen atoms in total. The van der Waals surface area contributed by atoms with Gasteiger partial charge in [0.2, 0.25) is 6.29 Å². The van der Waals surface area contributed by atoms with Gasteiger partial charge >= 0.3 is 0 Å². The van der Waals surface area contributed by atoms with Crippen molar-refractivity contribution in [1.82, 2.24) is 0 Å². The first-order valence-electron chi connectivity index (χ1n) is 4.11. The highest BCUT2D eigenvalue weighted by atomic mass is 16.1. The van der Waals surface area contributed by atoms with Gasteiger partial charge in [-0.25, -0.2) is 0 Å². The average Bonchev–Trinajstić information content (AvgIpc) is 1.94. The van der Waals surface area contributed by atoms with E-state index in [4.69, 9.17) is 0 Å². The molecule has 1 rings (SSSR count). The van der Waals surface area contributed by atoms with E-state index in [1.807, 2.05) is 0 Å². The van der Waals surface area contributed by atoms with Gasteiger partial charge in [-0.1, -0.05) is 20.3 Å². The third-order valence-corrected chi connectivity index (χ3v) is 2.61. The second kappa shape index (κ2) is 3.18. The first kappa shape index (κ1) is 7.77. The second-order valence-corrected chi connectivity index (χ2v) is 3.62. The van der Waals surface area contributed by atoms with Crippen LogP contribution in [0.5, 0.6) is 0 Å². The van der Waals surface area contributed by atoms with Crippen LogP contribution in [-0.2, 0) is 4.79 Å². The number of carbonyl (C=O) groups excluding carboxylic acids is 1. The minimum atomic E-state index is 0.226. The highest BCUT2D eigenvalue weighted by Gasteiger charge is 2.25. The largest absolute Gasteiger partial charge is 0.291 e. The standard InChI is InChI=1S/C9H15O/c1-7-3-4-8(2)9(5-7)6-10/h7-9H,3-5H2,1-2H3/t7?,8-,9+/m1/s1. The van der Waals surface area contributed by atoms with Crippen molar-refractivity contribution in [3.8, 4) is 0 Å². The molecule has 1 radical (unpaired) electrons. The van der Waals surface area contributed by atoms with Crippen LogP contribution in [0.25, 0.3) is 0 Å². The molecule has 0 spiro atoms. The Bertz CT molecular complexity index is 120. The lowest BCUT2D eigenvalue weighted by atomic mass is 9.76. The number of rotatable bonds is 1. The summed E-state index contributed by atoms with van der Waals surface area (Å²) in [6, 6.07) is 0. The van der Waals surface area contributed by atoms with Crippen molar-refractivity contribution in [2.24, 2.45) is 17.8 Å². The Balaban J connectivity index is 2.45. The van der Waals surface area contributed by atoms with Gasteiger partial charge in [-0.2, -0.15) is 0 Å². The molecule has 1 fully saturated rings. The van der Waals surface area contributed by atoms with Crippen molar-refractivity contribution < 1.29 is 4.79 Å². The molecule has 0 aliphatic heterocycles. The quantitative estimate of drug-likeness (QED) is 0.544. The lowest BCUT2D eigenvalue weighted by molar-refractivity contribution is 0.253. The van der Waals surface area contributed by atoms with Crippen LogP contribution in [0, 0.1) is 17.8 Å². The summed E-state index contributed by atoms with van der Waals surface area (Å²) in [6.45, 7) is 4.37. The Morgan fingerprint density at radius 3 is 2.50 bits per heavy atom. The van der Waals surface area contributed by atoms with E-state index in [0.717, 1.165) is 12.3 Å². The smallest absolute Gasteiger partial charge is 0.202 e. The molecule has 1 heteroatoms. The summed E-state index contributed by atoms with van der Waals surface area (Å²) in [7, 11) is 0. The average molecular weight is 139 g/mol. The van der Waals surface area contributed by atoms with Gasteiger partial charge in [0.05, 0.1) is 0 Å². The van der Waals surface area contributed by atoms with Gasteiger partial charge in [-0.3, -0.25) is 4.79 Å². The van der Waals surface area contributed by atoms with Crippen LogP contribution in [0.3, 0.4) is 0 Å². The van der Waals surface area contributed by atoms with Crippen LogP contribution in [0.1, 0.15) is 33.1 Å². The highest BCUT2D eigenvalue weighted by molar-refractivity contribution is 5.55. The summed E-state index contributed by atoms with van der Waals surface area (Å²) in [4.78, 5) is 10.4. The van der Waals surface area contributed by atoms with Gasteiger partial charge in [0.15, 0.2) is 0 Å². The molecule has 0 bridgehead atoms. The molecule has 0 aromatic rings. The maximum absolute atomic E-state index is 10.4. The Labute approximate surface area is 62.8 Å². The van der Waals surface area contributed by atoms with Crippen LogP contribution >= 0.6 is 0 Å². The zero-order chi connectivity index (χ0) is 7.56. The van der Waals surface area contributed by atoms with Crippen LogP contribution in [0.15, 0.2) is 0 Å². The molecule has 1 aliphatic rings. The number of hydrogen-bond donors (Lipinski definition) is 0. The molecule has 0 aromatic carbocycles. The van der Waals surface area contributed by atoms with Crippen molar-refractivity contribution in [2.45, 2.75) is 33.1 Å². The van der Waals surface area contributed by atoms with Crippen molar-refractivity contribution in [2.75, 3.05) is 0 Å². The Morgan fingerprint density at radius 1 is 1.30 bits per heavy atom. The lowest BCUT2D eigenvalue weighted by Gasteiger charge is -2.27. The fraction of sp³-hybridized carbons (Fsp3) is 0.889. The molecule has 0 saturated heterocycles. The zero-order valence-corrected chi connectivity index (χ0v) is 6.76. The van der Waals surface area contributed by atoms with Gasteiger partial charge in [0.25, 0.3) is 0 Å². The van der Waals surface area contributed by atoms with Gasteiger partial charge in [-0.05, 0) is 24.7 Å². The van der Waals surface area contributed by atoms with Crippen molar-refractivity contribution in [3.05, 3.63) is 0 Å². The van der Waals surface area contributed by atoms with Gasteiger partial charge in [0, 0.05) is 5.92 Å². The third-order valence-electron chi connectivity index (χ3n) is 2.61. The molecule has 0 aromatic heterocycles. The van der Waals surface area contributed by atoms with Gasteiger partial charge < -0.3 is 0 Å². The van der Waals surface area contributed by atoms with Crippen LogP contribution in [0.2, 0.25) is 0 Å². The molecule has 0 heterocycles. The summed E-state index contributed by atoms with van der Waals surface area (Å²) < 4.78 is 0. The second-order valence-electron chi connectivity index (χ2n) is 3.62. The van der Waals surface area contributed by atoms with E-state index in [2.05, 4.69) is 20.1 Å². The molecule has 0 N–H and O–H groups in total. The van der Waals surface area contributed by atoms with E-state index in [-0.39, 0.29) is 5.92 Å². The molecule has 57 valence electrons. The van der Waals surface area contributed by atoms with E-state index in [9.17, 15) is 4.79 Å². The van der Waals surface area contributed by atoms with Gasteiger partial charge in [0.1, 0.15) is 0 Å². The van der Waals surface area contributed by atoms with E-state index < -0.39 is 0 Å². The zero-order valence-electron chi connectivity index (χ0n) is 6.76. The molecule has 3 atom stereocenters. The first-order chi connectivity index (χ1) is 4.74. The maximum Gasteiger partial charge on any atom is 0.202 e. The lowest BCUT2D eigenvalue weighted by Crippen LogP contribution is -2.22. The molecule has 1 aliphatic carbocycles. The molecular formula is C9H15O. The van der Waals surface area contributed by atoms with E-state index >= 15 is 0 Å². The summed E-state index contributed by atoms with van der Waals surface area (Å²) in [6.07, 6.45) is 5.69. The fourth-order valence-electron chi connectivity index (χ4n) is 1.70. The Morgan fingerprint density at radius 2 is 2.00 bits per heavy atom.